The number of rotatable bonds is 6. The second-order valence-corrected chi connectivity index (χ2v) is 7.94. The highest BCUT2D eigenvalue weighted by atomic mass is 127. The van der Waals surface area contributed by atoms with Crippen molar-refractivity contribution in [3.8, 4) is 22.6 Å². The molecule has 0 aliphatic rings. The van der Waals surface area contributed by atoms with Gasteiger partial charge in [0.2, 0.25) is 0 Å². The highest BCUT2D eigenvalue weighted by Crippen LogP contribution is 2.25. The molecule has 0 amide bonds. The molecule has 30 heavy (non-hydrogen) atoms. The molecule has 0 atom stereocenters. The molecular weight excluding hydrogens is 487 g/mol. The average Bonchev–Trinajstić information content (AvgIpc) is 2.79. The molecule has 4 rings (SSSR count). The van der Waals surface area contributed by atoms with Crippen LogP contribution in [0.25, 0.3) is 11.1 Å². The van der Waals surface area contributed by atoms with E-state index in [0.29, 0.717) is 23.7 Å². The molecule has 4 heteroatoms. The van der Waals surface area contributed by atoms with Crippen LogP contribution in [0.4, 0.5) is 0 Å². The molecule has 4 aromatic rings. The van der Waals surface area contributed by atoms with Gasteiger partial charge in [-0.2, -0.15) is 0 Å². The minimum atomic E-state index is -0.438. The zero-order valence-electron chi connectivity index (χ0n) is 16.1. The van der Waals surface area contributed by atoms with Crippen LogP contribution in [0.1, 0.15) is 15.9 Å². The van der Waals surface area contributed by atoms with Gasteiger partial charge in [0.05, 0.1) is 0 Å². The molecule has 4 aromatic carbocycles. The summed E-state index contributed by atoms with van der Waals surface area (Å²) in [6, 6.07) is 32.9. The molecule has 0 bridgehead atoms. The molecule has 0 aliphatic heterocycles. The number of esters is 1. The predicted molar refractivity (Wildman–Crippen MR) is 127 cm³/mol. The Morgan fingerprint density at radius 2 is 1.37 bits per heavy atom. The van der Waals surface area contributed by atoms with Crippen molar-refractivity contribution in [3.05, 3.63) is 118 Å². The number of carbonyl (C=O) groups excluding carboxylic acids is 1. The lowest BCUT2D eigenvalue weighted by Gasteiger charge is -2.12. The van der Waals surface area contributed by atoms with Crippen LogP contribution in [0, 0.1) is 3.57 Å². The van der Waals surface area contributed by atoms with Gasteiger partial charge in [0, 0.05) is 3.57 Å². The molecule has 0 aromatic heterocycles. The highest BCUT2D eigenvalue weighted by Gasteiger charge is 2.16. The maximum atomic E-state index is 12.7. The average molecular weight is 506 g/mol. The van der Waals surface area contributed by atoms with Crippen LogP contribution in [0.2, 0.25) is 0 Å². The van der Waals surface area contributed by atoms with Crippen molar-refractivity contribution in [1.82, 2.24) is 0 Å². The zero-order chi connectivity index (χ0) is 20.8. The molecule has 0 fully saturated rings. The van der Waals surface area contributed by atoms with Crippen LogP contribution >= 0.6 is 22.6 Å². The second kappa shape index (κ2) is 9.59. The summed E-state index contributed by atoms with van der Waals surface area (Å²) in [4.78, 5) is 12.7. The third-order valence-electron chi connectivity index (χ3n) is 4.57. The monoisotopic (exact) mass is 506 g/mol. The van der Waals surface area contributed by atoms with E-state index in [4.69, 9.17) is 9.47 Å². The summed E-state index contributed by atoms with van der Waals surface area (Å²) >= 11 is 2.20. The predicted octanol–water partition coefficient (Wildman–Crippen LogP) is 6.76. The van der Waals surface area contributed by atoms with E-state index < -0.39 is 5.97 Å². The van der Waals surface area contributed by atoms with E-state index in [1.165, 1.54) is 5.56 Å². The lowest BCUT2D eigenvalue weighted by molar-refractivity contribution is 0.0729. The molecule has 0 saturated heterocycles. The molecule has 0 radical (unpaired) electrons. The van der Waals surface area contributed by atoms with Crippen LogP contribution in [-0.2, 0) is 6.61 Å². The number of hydrogen-bond donors (Lipinski definition) is 0. The molecule has 0 N–H and O–H groups in total. The SMILES string of the molecule is O=C(Oc1ccccc1)c1ccc(I)cc1OCc1ccc(-c2ccccc2)cc1. The largest absolute Gasteiger partial charge is 0.488 e. The van der Waals surface area contributed by atoms with E-state index >= 15 is 0 Å². The minimum absolute atomic E-state index is 0.362. The van der Waals surface area contributed by atoms with Crippen LogP contribution < -0.4 is 9.47 Å². The Morgan fingerprint density at radius 1 is 0.733 bits per heavy atom. The molecule has 0 heterocycles. The van der Waals surface area contributed by atoms with Crippen molar-refractivity contribution < 1.29 is 14.3 Å². The van der Waals surface area contributed by atoms with Crippen molar-refractivity contribution in [2.75, 3.05) is 0 Å². The Balaban J connectivity index is 1.48. The smallest absolute Gasteiger partial charge is 0.347 e. The first-order valence-corrected chi connectivity index (χ1v) is 10.6. The second-order valence-electron chi connectivity index (χ2n) is 6.69. The van der Waals surface area contributed by atoms with Crippen LogP contribution in [0.5, 0.6) is 11.5 Å². The number of halogens is 1. The van der Waals surface area contributed by atoms with Crippen LogP contribution in [0.15, 0.2) is 103 Å². The van der Waals surface area contributed by atoms with E-state index in [1.807, 2.05) is 60.7 Å². The quantitative estimate of drug-likeness (QED) is 0.165. The van der Waals surface area contributed by atoms with Gasteiger partial charge in [-0.1, -0.05) is 72.8 Å². The van der Waals surface area contributed by atoms with Gasteiger partial charge in [-0.15, -0.1) is 0 Å². The molecule has 0 spiro atoms. The van der Waals surface area contributed by atoms with Crippen molar-refractivity contribution in [2.24, 2.45) is 0 Å². The Hall–Kier alpha value is -3.12. The fourth-order valence-corrected chi connectivity index (χ4v) is 3.48. The lowest BCUT2D eigenvalue weighted by atomic mass is 10.0. The first-order chi connectivity index (χ1) is 14.7. The van der Waals surface area contributed by atoms with Gasteiger partial charge in [0.25, 0.3) is 0 Å². The molecule has 0 saturated carbocycles. The summed E-state index contributed by atoms with van der Waals surface area (Å²) in [5.41, 5.74) is 3.75. The van der Waals surface area contributed by atoms with E-state index in [9.17, 15) is 4.79 Å². The van der Waals surface area contributed by atoms with Crippen LogP contribution in [0.3, 0.4) is 0 Å². The summed E-state index contributed by atoms with van der Waals surface area (Å²) in [7, 11) is 0. The summed E-state index contributed by atoms with van der Waals surface area (Å²) in [6.07, 6.45) is 0. The third-order valence-corrected chi connectivity index (χ3v) is 5.24. The Labute approximate surface area is 189 Å². The van der Waals surface area contributed by atoms with E-state index in [-0.39, 0.29) is 0 Å². The first kappa shape index (κ1) is 20.2. The fraction of sp³-hybridized carbons (Fsp3) is 0.0385. The first-order valence-electron chi connectivity index (χ1n) is 9.53. The van der Waals surface area contributed by atoms with Gasteiger partial charge in [0.15, 0.2) is 0 Å². The Bertz CT molecular complexity index is 1120. The molecule has 0 unspecified atom stereocenters. The third kappa shape index (κ3) is 5.07. The molecule has 148 valence electrons. The lowest BCUT2D eigenvalue weighted by Crippen LogP contribution is -2.11. The van der Waals surface area contributed by atoms with Crippen molar-refractivity contribution in [1.29, 1.82) is 0 Å². The standard InChI is InChI=1S/C26H19IO3/c27-22-15-16-24(26(28)30-23-9-5-2-6-10-23)25(17-22)29-18-19-11-13-21(14-12-19)20-7-3-1-4-8-20/h1-17H,18H2. The number of carbonyl (C=O) groups is 1. The number of benzene rings is 4. The minimum Gasteiger partial charge on any atom is -0.488 e. The van der Waals surface area contributed by atoms with Crippen LogP contribution in [-0.4, -0.2) is 5.97 Å². The van der Waals surface area contributed by atoms with E-state index in [1.54, 1.807) is 18.2 Å². The zero-order valence-corrected chi connectivity index (χ0v) is 18.3. The topological polar surface area (TPSA) is 35.5 Å². The number of para-hydroxylation sites is 1. The molecule has 3 nitrogen and oxygen atoms in total. The maximum Gasteiger partial charge on any atom is 0.347 e. The summed E-state index contributed by atoms with van der Waals surface area (Å²) in [5, 5.41) is 0. The highest BCUT2D eigenvalue weighted by molar-refractivity contribution is 14.1. The summed E-state index contributed by atoms with van der Waals surface area (Å²) < 4.78 is 12.5. The Morgan fingerprint density at radius 3 is 2.07 bits per heavy atom. The van der Waals surface area contributed by atoms with Gasteiger partial charge in [0.1, 0.15) is 23.7 Å². The fourth-order valence-electron chi connectivity index (χ4n) is 3.02. The van der Waals surface area contributed by atoms with E-state index in [0.717, 1.165) is 14.7 Å². The van der Waals surface area contributed by atoms with Gasteiger partial charge >= 0.3 is 5.97 Å². The maximum absolute atomic E-state index is 12.7. The van der Waals surface area contributed by atoms with Gasteiger partial charge < -0.3 is 9.47 Å². The number of ether oxygens (including phenoxy) is 2. The number of hydrogen-bond acceptors (Lipinski definition) is 3. The van der Waals surface area contributed by atoms with Gasteiger partial charge in [-0.05, 0) is 69.6 Å². The van der Waals surface area contributed by atoms with Crippen molar-refractivity contribution in [3.63, 3.8) is 0 Å². The molecule has 0 aliphatic carbocycles. The summed E-state index contributed by atoms with van der Waals surface area (Å²) in [6.45, 7) is 0.362. The van der Waals surface area contributed by atoms with E-state index in [2.05, 4.69) is 46.9 Å². The van der Waals surface area contributed by atoms with Gasteiger partial charge in [-0.25, -0.2) is 4.79 Å². The Kier molecular flexibility index (Phi) is 6.44. The van der Waals surface area contributed by atoms with Gasteiger partial charge in [-0.3, -0.25) is 0 Å². The molecular formula is C26H19IO3. The van der Waals surface area contributed by atoms with Crippen molar-refractivity contribution in [2.45, 2.75) is 6.61 Å². The van der Waals surface area contributed by atoms with Crippen molar-refractivity contribution >= 4 is 28.6 Å². The summed E-state index contributed by atoms with van der Waals surface area (Å²) in [5.74, 6) is 0.575. The normalized spacial score (nSPS) is 10.4.